The molecule has 1 unspecified atom stereocenters. The van der Waals surface area contributed by atoms with Gasteiger partial charge in [-0.05, 0) is 31.4 Å². The van der Waals surface area contributed by atoms with E-state index in [1.165, 1.54) is 0 Å². The van der Waals surface area contributed by atoms with Gasteiger partial charge in [0.15, 0.2) is 5.82 Å². The monoisotopic (exact) mass is 274 g/mol. The lowest BCUT2D eigenvalue weighted by molar-refractivity contribution is 0.283. The summed E-state index contributed by atoms with van der Waals surface area (Å²) in [6.45, 7) is 5.40. The Morgan fingerprint density at radius 2 is 2.15 bits per heavy atom. The molecule has 0 aliphatic carbocycles. The minimum atomic E-state index is 0.114. The van der Waals surface area contributed by atoms with E-state index in [0.29, 0.717) is 6.61 Å². The van der Waals surface area contributed by atoms with Crippen molar-refractivity contribution in [3.8, 4) is 5.75 Å². The summed E-state index contributed by atoms with van der Waals surface area (Å²) in [6, 6.07) is 8.11. The van der Waals surface area contributed by atoms with E-state index in [1.54, 1.807) is 6.33 Å². The maximum atomic E-state index is 5.89. The van der Waals surface area contributed by atoms with Gasteiger partial charge in [0.1, 0.15) is 18.7 Å². The van der Waals surface area contributed by atoms with Crippen LogP contribution in [0.2, 0.25) is 0 Å². The minimum Gasteiger partial charge on any atom is -0.485 e. The minimum absolute atomic E-state index is 0.114. The SMILES string of the molecule is CCCn1ncnc1COc1ccccc1CC(C)N. The van der Waals surface area contributed by atoms with E-state index in [-0.39, 0.29) is 6.04 Å². The smallest absolute Gasteiger partial charge is 0.164 e. The maximum Gasteiger partial charge on any atom is 0.164 e. The Bertz CT molecular complexity index is 536. The van der Waals surface area contributed by atoms with Crippen molar-refractivity contribution >= 4 is 0 Å². The molecule has 20 heavy (non-hydrogen) atoms. The average Bonchev–Trinajstić information content (AvgIpc) is 2.85. The average molecular weight is 274 g/mol. The van der Waals surface area contributed by atoms with Crippen molar-refractivity contribution in [3.05, 3.63) is 42.0 Å². The van der Waals surface area contributed by atoms with Crippen LogP contribution in [-0.4, -0.2) is 20.8 Å². The summed E-state index contributed by atoms with van der Waals surface area (Å²) in [5.74, 6) is 1.72. The van der Waals surface area contributed by atoms with Crippen LogP contribution in [-0.2, 0) is 19.6 Å². The van der Waals surface area contributed by atoms with Crippen LogP contribution in [0.1, 0.15) is 31.7 Å². The molecule has 2 aromatic rings. The molecule has 5 nitrogen and oxygen atoms in total. The maximum absolute atomic E-state index is 5.89. The van der Waals surface area contributed by atoms with E-state index < -0.39 is 0 Å². The normalized spacial score (nSPS) is 12.3. The molecule has 0 fully saturated rings. The standard InChI is InChI=1S/C15H22N4O/c1-3-8-19-15(17-11-18-19)10-20-14-7-5-4-6-13(14)9-12(2)16/h4-7,11-12H,3,8-10,16H2,1-2H3. The van der Waals surface area contributed by atoms with E-state index in [2.05, 4.69) is 23.1 Å². The number of aryl methyl sites for hydroxylation is 1. The number of aromatic nitrogens is 3. The van der Waals surface area contributed by atoms with E-state index in [9.17, 15) is 0 Å². The summed E-state index contributed by atoms with van der Waals surface area (Å²) in [6.07, 6.45) is 3.40. The van der Waals surface area contributed by atoms with Crippen LogP contribution >= 0.6 is 0 Å². The molecule has 5 heteroatoms. The van der Waals surface area contributed by atoms with E-state index in [1.807, 2.05) is 29.8 Å². The second kappa shape index (κ2) is 7.05. The molecule has 1 heterocycles. The summed E-state index contributed by atoms with van der Waals surface area (Å²) in [5, 5.41) is 4.19. The zero-order valence-electron chi connectivity index (χ0n) is 12.1. The molecule has 1 atom stereocenters. The third-order valence-corrected chi connectivity index (χ3v) is 3.00. The van der Waals surface area contributed by atoms with Gasteiger partial charge in [-0.3, -0.25) is 0 Å². The highest BCUT2D eigenvalue weighted by Crippen LogP contribution is 2.20. The number of rotatable bonds is 7. The zero-order chi connectivity index (χ0) is 14.4. The number of hydrogen-bond acceptors (Lipinski definition) is 4. The molecule has 1 aromatic heterocycles. The van der Waals surface area contributed by atoms with E-state index in [4.69, 9.17) is 10.5 Å². The van der Waals surface area contributed by atoms with Gasteiger partial charge in [-0.15, -0.1) is 0 Å². The van der Waals surface area contributed by atoms with Gasteiger partial charge in [0.05, 0.1) is 0 Å². The van der Waals surface area contributed by atoms with Gasteiger partial charge in [-0.25, -0.2) is 9.67 Å². The predicted molar refractivity (Wildman–Crippen MR) is 78.4 cm³/mol. The van der Waals surface area contributed by atoms with E-state index in [0.717, 1.165) is 36.5 Å². The first-order valence-electron chi connectivity index (χ1n) is 7.03. The zero-order valence-corrected chi connectivity index (χ0v) is 12.1. The second-order valence-corrected chi connectivity index (χ2v) is 4.98. The number of benzene rings is 1. The van der Waals surface area contributed by atoms with Crippen LogP contribution in [0, 0.1) is 0 Å². The number of nitrogens with two attached hydrogens (primary N) is 1. The molecule has 0 bridgehead atoms. The number of ether oxygens (including phenoxy) is 1. The van der Waals surface area contributed by atoms with Crippen molar-refractivity contribution in [2.24, 2.45) is 5.73 Å². The Hall–Kier alpha value is -1.88. The third-order valence-electron chi connectivity index (χ3n) is 3.00. The second-order valence-electron chi connectivity index (χ2n) is 4.98. The molecule has 108 valence electrons. The lowest BCUT2D eigenvalue weighted by Crippen LogP contribution is -2.18. The number of nitrogens with zero attached hydrogens (tertiary/aromatic N) is 3. The summed E-state index contributed by atoms with van der Waals surface area (Å²) in [7, 11) is 0. The number of para-hydroxylation sites is 1. The molecule has 2 N–H and O–H groups in total. The van der Waals surface area contributed by atoms with Gasteiger partial charge in [0, 0.05) is 12.6 Å². The Labute approximate surface area is 119 Å². The first-order chi connectivity index (χ1) is 9.70. The van der Waals surface area contributed by atoms with Crippen LogP contribution in [0.15, 0.2) is 30.6 Å². The van der Waals surface area contributed by atoms with Crippen molar-refractivity contribution in [3.63, 3.8) is 0 Å². The van der Waals surface area contributed by atoms with Crippen LogP contribution in [0.4, 0.5) is 0 Å². The molecule has 0 saturated carbocycles. The van der Waals surface area contributed by atoms with Crippen LogP contribution in [0.5, 0.6) is 5.75 Å². The predicted octanol–water partition coefficient (Wildman–Crippen LogP) is 2.16. The van der Waals surface area contributed by atoms with Crippen molar-refractivity contribution in [1.82, 2.24) is 14.8 Å². The fourth-order valence-electron chi connectivity index (χ4n) is 2.10. The molecule has 1 aromatic carbocycles. The number of hydrogen-bond donors (Lipinski definition) is 1. The first-order valence-corrected chi connectivity index (χ1v) is 7.03. The van der Waals surface area contributed by atoms with Crippen LogP contribution < -0.4 is 10.5 Å². The summed E-state index contributed by atoms with van der Waals surface area (Å²) in [5.41, 5.74) is 6.99. The molecule has 2 rings (SSSR count). The fraction of sp³-hybridized carbons (Fsp3) is 0.467. The van der Waals surface area contributed by atoms with Gasteiger partial charge >= 0.3 is 0 Å². The Morgan fingerprint density at radius 1 is 1.35 bits per heavy atom. The van der Waals surface area contributed by atoms with Crippen LogP contribution in [0.3, 0.4) is 0 Å². The fourth-order valence-corrected chi connectivity index (χ4v) is 2.10. The summed E-state index contributed by atoms with van der Waals surface area (Å²) in [4.78, 5) is 4.24. The largest absolute Gasteiger partial charge is 0.485 e. The Kier molecular flexibility index (Phi) is 5.12. The van der Waals surface area contributed by atoms with Gasteiger partial charge in [-0.2, -0.15) is 5.10 Å². The molecule has 0 amide bonds. The highest BCUT2D eigenvalue weighted by molar-refractivity contribution is 5.33. The highest BCUT2D eigenvalue weighted by atomic mass is 16.5. The molecular formula is C15H22N4O. The lowest BCUT2D eigenvalue weighted by Gasteiger charge is -2.13. The lowest BCUT2D eigenvalue weighted by atomic mass is 10.1. The topological polar surface area (TPSA) is 66.0 Å². The summed E-state index contributed by atoms with van der Waals surface area (Å²) < 4.78 is 7.77. The third kappa shape index (κ3) is 3.81. The molecule has 0 radical (unpaired) electrons. The first kappa shape index (κ1) is 14.5. The van der Waals surface area contributed by atoms with Gasteiger partial charge in [0.2, 0.25) is 0 Å². The van der Waals surface area contributed by atoms with Crippen molar-refractivity contribution in [2.45, 2.75) is 45.9 Å². The molecular weight excluding hydrogens is 252 g/mol. The summed E-state index contributed by atoms with van der Waals surface area (Å²) >= 11 is 0. The van der Waals surface area contributed by atoms with Crippen molar-refractivity contribution < 1.29 is 4.74 Å². The van der Waals surface area contributed by atoms with Crippen molar-refractivity contribution in [2.75, 3.05) is 0 Å². The van der Waals surface area contributed by atoms with Gasteiger partial charge in [0.25, 0.3) is 0 Å². The quantitative estimate of drug-likeness (QED) is 0.840. The van der Waals surface area contributed by atoms with E-state index >= 15 is 0 Å². The molecule has 0 saturated heterocycles. The molecule has 0 aliphatic rings. The molecule has 0 aliphatic heterocycles. The van der Waals surface area contributed by atoms with Gasteiger partial charge < -0.3 is 10.5 Å². The highest BCUT2D eigenvalue weighted by Gasteiger charge is 2.08. The van der Waals surface area contributed by atoms with Gasteiger partial charge in [-0.1, -0.05) is 25.1 Å². The van der Waals surface area contributed by atoms with Crippen molar-refractivity contribution in [1.29, 1.82) is 0 Å². The molecule has 0 spiro atoms. The Balaban J connectivity index is 2.05. The Morgan fingerprint density at radius 3 is 2.90 bits per heavy atom. The van der Waals surface area contributed by atoms with Crippen LogP contribution in [0.25, 0.3) is 0 Å².